The Kier molecular flexibility index (Phi) is 8.07. The summed E-state index contributed by atoms with van der Waals surface area (Å²) in [7, 11) is 0. The molecule has 0 aliphatic heterocycles. The Morgan fingerprint density at radius 1 is 0.297 bits per heavy atom. The van der Waals surface area contributed by atoms with Gasteiger partial charge in [-0.05, 0) is 116 Å². The van der Waals surface area contributed by atoms with E-state index in [1.54, 1.807) is 0 Å². The summed E-state index contributed by atoms with van der Waals surface area (Å²) < 4.78 is 2.39. The van der Waals surface area contributed by atoms with Crippen molar-refractivity contribution in [2.75, 3.05) is 4.90 Å². The van der Waals surface area contributed by atoms with E-state index >= 15 is 0 Å². The summed E-state index contributed by atoms with van der Waals surface area (Å²) in [4.78, 5) is 2.44. The molecule has 1 aromatic heterocycles. The average molecular weight is 815 g/mol. The van der Waals surface area contributed by atoms with Gasteiger partial charge < -0.3 is 9.47 Å². The van der Waals surface area contributed by atoms with Crippen molar-refractivity contribution in [1.82, 2.24) is 4.57 Å². The van der Waals surface area contributed by atoms with Gasteiger partial charge in [0.15, 0.2) is 0 Å². The van der Waals surface area contributed by atoms with E-state index in [2.05, 4.69) is 264 Å². The van der Waals surface area contributed by atoms with Crippen LogP contribution in [0.15, 0.2) is 255 Å². The molecule has 13 rings (SSSR count). The van der Waals surface area contributed by atoms with Crippen LogP contribution < -0.4 is 4.90 Å². The number of para-hydroxylation sites is 3. The van der Waals surface area contributed by atoms with Crippen LogP contribution in [0.4, 0.5) is 17.1 Å². The standard InChI is InChI=1S/C62H42N2/c1-5-21-43(22-6-1)61(55-35-16-17-36-56(55)62(44-23-7-2-8-24-44)54-34-15-13-31-50(54)52-33-20-37-57(61)60(52)62)45-25-19-30-48(41-45)63(46-26-9-3-10-27-46)49-39-40-59-53(42-49)51-32-14-18-38-58(51)64(59)47-28-11-4-12-29-47/h1-42H. The van der Waals surface area contributed by atoms with Crippen molar-refractivity contribution >= 4 is 38.9 Å². The lowest BCUT2D eigenvalue weighted by Gasteiger charge is -2.49. The van der Waals surface area contributed by atoms with Gasteiger partial charge in [-0.25, -0.2) is 0 Å². The van der Waals surface area contributed by atoms with E-state index in [0.29, 0.717) is 0 Å². The first-order valence-electron chi connectivity index (χ1n) is 22.3. The average Bonchev–Trinajstić information content (AvgIpc) is 3.87. The van der Waals surface area contributed by atoms with Gasteiger partial charge in [0.1, 0.15) is 0 Å². The van der Waals surface area contributed by atoms with Crippen molar-refractivity contribution < 1.29 is 0 Å². The summed E-state index contributed by atoms with van der Waals surface area (Å²) in [5.41, 5.74) is 18.7. The van der Waals surface area contributed by atoms with Gasteiger partial charge in [-0.2, -0.15) is 0 Å². The number of anilines is 3. The summed E-state index contributed by atoms with van der Waals surface area (Å²) in [6.07, 6.45) is 0. The molecule has 0 amide bonds. The van der Waals surface area contributed by atoms with E-state index in [1.807, 2.05) is 0 Å². The van der Waals surface area contributed by atoms with Crippen molar-refractivity contribution in [3.05, 3.63) is 299 Å². The van der Waals surface area contributed by atoms with Crippen molar-refractivity contribution in [3.63, 3.8) is 0 Å². The van der Waals surface area contributed by atoms with Crippen LogP contribution in [0.3, 0.4) is 0 Å². The molecule has 0 spiro atoms. The largest absolute Gasteiger partial charge is 0.310 e. The highest BCUT2D eigenvalue weighted by atomic mass is 15.1. The molecule has 1 heterocycles. The second kappa shape index (κ2) is 14.2. The van der Waals surface area contributed by atoms with E-state index < -0.39 is 10.8 Å². The lowest BCUT2D eigenvalue weighted by Crippen LogP contribution is -2.44. The van der Waals surface area contributed by atoms with E-state index in [-0.39, 0.29) is 0 Å². The fourth-order valence-corrected chi connectivity index (χ4v) is 11.7. The van der Waals surface area contributed by atoms with Gasteiger partial charge in [0.25, 0.3) is 0 Å². The number of aromatic nitrogens is 1. The number of fused-ring (bicyclic) bond motifs is 8. The fraction of sp³-hybridized carbons (Fsp3) is 0.0323. The molecule has 300 valence electrons. The molecule has 64 heavy (non-hydrogen) atoms. The van der Waals surface area contributed by atoms with Crippen LogP contribution in [0.1, 0.15) is 44.5 Å². The topological polar surface area (TPSA) is 8.17 Å². The van der Waals surface area contributed by atoms with Crippen molar-refractivity contribution in [1.29, 1.82) is 0 Å². The lowest BCUT2D eigenvalue weighted by molar-refractivity contribution is 0.627. The van der Waals surface area contributed by atoms with E-state index in [4.69, 9.17) is 0 Å². The van der Waals surface area contributed by atoms with E-state index in [0.717, 1.165) is 22.7 Å². The fourth-order valence-electron chi connectivity index (χ4n) is 11.7. The molecule has 2 aliphatic rings. The van der Waals surface area contributed by atoms with Crippen LogP contribution >= 0.6 is 0 Å². The minimum atomic E-state index is -0.658. The molecule has 0 N–H and O–H groups in total. The zero-order chi connectivity index (χ0) is 42.2. The van der Waals surface area contributed by atoms with Gasteiger partial charge >= 0.3 is 0 Å². The summed E-state index contributed by atoms with van der Waals surface area (Å²) in [6.45, 7) is 0. The molecule has 10 aromatic carbocycles. The van der Waals surface area contributed by atoms with Gasteiger partial charge in [0.2, 0.25) is 0 Å². The zero-order valence-electron chi connectivity index (χ0n) is 35.1. The third-order valence-corrected chi connectivity index (χ3v) is 14.1. The van der Waals surface area contributed by atoms with Crippen LogP contribution in [-0.2, 0) is 10.8 Å². The molecule has 0 radical (unpaired) electrons. The molecule has 2 heteroatoms. The Morgan fingerprint density at radius 3 is 1.55 bits per heavy atom. The number of hydrogen-bond donors (Lipinski definition) is 0. The second-order valence-electron chi connectivity index (χ2n) is 17.2. The van der Waals surface area contributed by atoms with E-state index in [1.165, 1.54) is 77.4 Å². The minimum absolute atomic E-state index is 0.499. The first kappa shape index (κ1) is 36.5. The number of hydrogen-bond acceptors (Lipinski definition) is 1. The molecular weight excluding hydrogens is 773 g/mol. The Balaban J connectivity index is 1.09. The molecule has 0 saturated carbocycles. The SMILES string of the molecule is c1ccc(N(c2cccc(C3(c4ccccc4)c4ccccc4C4(c5ccccc5)c5ccccc5-c5cccc3c54)c2)c2ccc3c(c2)c2ccccc2n3-c2ccccc2)cc1. The monoisotopic (exact) mass is 814 g/mol. The molecule has 2 aliphatic carbocycles. The molecule has 2 atom stereocenters. The van der Waals surface area contributed by atoms with Gasteiger partial charge in [-0.1, -0.05) is 194 Å². The Labute approximate surface area is 373 Å². The molecule has 0 saturated heterocycles. The smallest absolute Gasteiger partial charge is 0.0720 e. The highest BCUT2D eigenvalue weighted by Gasteiger charge is 2.57. The predicted molar refractivity (Wildman–Crippen MR) is 265 cm³/mol. The Morgan fingerprint density at radius 2 is 0.797 bits per heavy atom. The highest BCUT2D eigenvalue weighted by Crippen LogP contribution is 2.66. The number of benzene rings is 10. The van der Waals surface area contributed by atoms with Crippen LogP contribution in [-0.4, -0.2) is 4.57 Å². The second-order valence-corrected chi connectivity index (χ2v) is 17.2. The summed E-state index contributed by atoms with van der Waals surface area (Å²) in [5.74, 6) is 0. The maximum atomic E-state index is 2.46. The third kappa shape index (κ3) is 4.97. The van der Waals surface area contributed by atoms with Crippen LogP contribution in [0, 0.1) is 0 Å². The van der Waals surface area contributed by atoms with Crippen molar-refractivity contribution in [3.8, 4) is 16.8 Å². The number of nitrogens with zero attached hydrogens (tertiary/aromatic N) is 2. The van der Waals surface area contributed by atoms with Crippen LogP contribution in [0.25, 0.3) is 38.6 Å². The molecule has 2 nitrogen and oxygen atoms in total. The number of rotatable bonds is 7. The minimum Gasteiger partial charge on any atom is -0.310 e. The Hall–Kier alpha value is -8.20. The lowest BCUT2D eigenvalue weighted by atomic mass is 9.51. The Bertz CT molecular complexity index is 3560. The van der Waals surface area contributed by atoms with Gasteiger partial charge in [-0.3, -0.25) is 0 Å². The first-order chi connectivity index (χ1) is 31.8. The molecule has 0 fully saturated rings. The van der Waals surface area contributed by atoms with Gasteiger partial charge in [0, 0.05) is 33.5 Å². The highest BCUT2D eigenvalue weighted by molar-refractivity contribution is 6.10. The van der Waals surface area contributed by atoms with Crippen molar-refractivity contribution in [2.45, 2.75) is 10.8 Å². The third-order valence-electron chi connectivity index (χ3n) is 14.1. The quantitative estimate of drug-likeness (QED) is 0.156. The summed E-state index contributed by atoms with van der Waals surface area (Å²) in [5, 5.41) is 2.44. The van der Waals surface area contributed by atoms with Crippen molar-refractivity contribution in [2.24, 2.45) is 0 Å². The molecular formula is C62H42N2. The zero-order valence-corrected chi connectivity index (χ0v) is 35.1. The van der Waals surface area contributed by atoms with Gasteiger partial charge in [0.05, 0.1) is 21.9 Å². The first-order valence-corrected chi connectivity index (χ1v) is 22.3. The molecule has 2 unspecified atom stereocenters. The predicted octanol–water partition coefficient (Wildman–Crippen LogP) is 15.3. The van der Waals surface area contributed by atoms with Crippen LogP contribution in [0.2, 0.25) is 0 Å². The van der Waals surface area contributed by atoms with E-state index in [9.17, 15) is 0 Å². The molecule has 0 bridgehead atoms. The van der Waals surface area contributed by atoms with Crippen LogP contribution in [0.5, 0.6) is 0 Å². The normalized spacial score (nSPS) is 16.9. The van der Waals surface area contributed by atoms with Gasteiger partial charge in [-0.15, -0.1) is 0 Å². The maximum absolute atomic E-state index is 2.46. The maximum Gasteiger partial charge on any atom is 0.0720 e. The molecule has 11 aromatic rings. The summed E-state index contributed by atoms with van der Waals surface area (Å²) in [6, 6.07) is 94.6. The summed E-state index contributed by atoms with van der Waals surface area (Å²) >= 11 is 0.